The van der Waals surface area contributed by atoms with Gasteiger partial charge >= 0.3 is 0 Å². The molecule has 15 heteroatoms. The zero-order chi connectivity index (χ0) is 28.7. The molecule has 0 aliphatic heterocycles. The number of furan rings is 2. The lowest BCUT2D eigenvalue weighted by Crippen LogP contribution is -1.78. The molecule has 0 unspecified atom stereocenters. The smallest absolute Gasteiger partial charge is 0.157 e. The minimum atomic E-state index is 0.109. The summed E-state index contributed by atoms with van der Waals surface area (Å²) in [5, 5.41) is 4.95. The van der Waals surface area contributed by atoms with Crippen molar-refractivity contribution in [1.82, 2.24) is 0 Å². The quantitative estimate of drug-likeness (QED) is 0.113. The molecule has 0 aliphatic carbocycles. The molecule has 0 fully saturated rings. The summed E-state index contributed by atoms with van der Waals surface area (Å²) in [4.78, 5) is 0. The van der Waals surface area contributed by atoms with Gasteiger partial charge in [0.2, 0.25) is 0 Å². The average molecular weight is 784 g/mol. The molecule has 0 bridgehead atoms. The molecule has 0 saturated carbocycles. The first-order valence-electron chi connectivity index (χ1n) is 10.0. The topological polar surface area (TPSA) is 26.3 Å². The summed E-state index contributed by atoms with van der Waals surface area (Å²) in [6, 6.07) is 4.97. The van der Waals surface area contributed by atoms with Gasteiger partial charge in [0.15, 0.2) is 22.3 Å². The van der Waals surface area contributed by atoms with Crippen molar-refractivity contribution < 1.29 is 8.83 Å². The second-order valence-electron chi connectivity index (χ2n) is 7.73. The molecule has 2 nitrogen and oxygen atoms in total. The summed E-state index contributed by atoms with van der Waals surface area (Å²) in [6.45, 7) is 0. The Kier molecular flexibility index (Phi) is 8.97. The van der Waals surface area contributed by atoms with Crippen molar-refractivity contribution in [2.45, 2.75) is 0 Å². The van der Waals surface area contributed by atoms with Crippen molar-refractivity contribution in [3.8, 4) is 0 Å². The van der Waals surface area contributed by atoms with Crippen molar-refractivity contribution in [1.29, 1.82) is 0 Å². The molecule has 2 heterocycles. The lowest BCUT2D eigenvalue weighted by Gasteiger charge is -2.03. The van der Waals surface area contributed by atoms with E-state index in [9.17, 15) is 0 Å². The van der Waals surface area contributed by atoms with Crippen LogP contribution in [0.2, 0.25) is 65.3 Å². The molecule has 0 N–H and O–H groups in total. The molecular weight excluding hydrogens is 781 g/mol. The Balaban J connectivity index is 0.000000158. The molecule has 39 heavy (non-hydrogen) atoms. The number of halogens is 13. The largest absolute Gasteiger partial charge is 0.453 e. The average Bonchev–Trinajstić information content (AvgIpc) is 3.49. The predicted octanol–water partition coefficient (Wildman–Crippen LogP) is 15.7. The summed E-state index contributed by atoms with van der Waals surface area (Å²) < 4.78 is 11.3. The van der Waals surface area contributed by atoms with Crippen LogP contribution >= 0.6 is 151 Å². The van der Waals surface area contributed by atoms with Gasteiger partial charge in [-0.25, -0.2) is 0 Å². The molecule has 4 aromatic carbocycles. The van der Waals surface area contributed by atoms with Crippen LogP contribution in [0.5, 0.6) is 0 Å². The van der Waals surface area contributed by atoms with Crippen molar-refractivity contribution >= 4 is 195 Å². The van der Waals surface area contributed by atoms with Crippen LogP contribution in [0, 0.1) is 0 Å². The monoisotopic (exact) mass is 778 g/mol. The van der Waals surface area contributed by atoms with Crippen LogP contribution < -0.4 is 0 Å². The van der Waals surface area contributed by atoms with Gasteiger partial charge in [0.05, 0.1) is 56.0 Å². The molecule has 6 aromatic rings. The van der Waals surface area contributed by atoms with Crippen LogP contribution in [0.25, 0.3) is 43.9 Å². The van der Waals surface area contributed by atoms with Crippen LogP contribution in [0.1, 0.15) is 0 Å². The van der Waals surface area contributed by atoms with E-state index in [1.54, 1.807) is 18.2 Å². The Bertz CT molecular complexity index is 2010. The number of rotatable bonds is 0. The van der Waals surface area contributed by atoms with Gasteiger partial charge < -0.3 is 8.83 Å². The zero-order valence-corrected chi connectivity index (χ0v) is 27.8. The molecule has 0 aliphatic rings. The van der Waals surface area contributed by atoms with Gasteiger partial charge in [-0.1, -0.05) is 151 Å². The van der Waals surface area contributed by atoms with Crippen molar-refractivity contribution in [3.05, 3.63) is 83.5 Å². The fourth-order valence-electron chi connectivity index (χ4n) is 3.79. The third kappa shape index (κ3) is 4.90. The van der Waals surface area contributed by atoms with Gasteiger partial charge in [-0.3, -0.25) is 0 Å². The van der Waals surface area contributed by atoms with Crippen LogP contribution in [0.15, 0.2) is 27.0 Å². The number of hydrogen-bond acceptors (Lipinski definition) is 2. The highest BCUT2D eigenvalue weighted by Crippen LogP contribution is 2.50. The molecular formula is C24H3Cl13O2. The standard InChI is InChI=1S/C12HCl7O.C12H2Cl6O/c13-3-1-2-4-6(15)7(16)8(17)10(19)12(4)20-11(2)9(18)5(3)14;13-4-2-1-3-5-7(15)8(16)9(17)10(18)12(5)19-11(3)6(4)14/h1H;1-2H. The van der Waals surface area contributed by atoms with Gasteiger partial charge in [-0.05, 0) is 18.2 Å². The molecule has 0 spiro atoms. The first-order chi connectivity index (χ1) is 18.3. The summed E-state index contributed by atoms with van der Waals surface area (Å²) in [5.74, 6) is 0. The minimum absolute atomic E-state index is 0.109. The maximum Gasteiger partial charge on any atom is 0.157 e. The highest BCUT2D eigenvalue weighted by molar-refractivity contribution is 6.58. The Labute approximate surface area is 284 Å². The van der Waals surface area contributed by atoms with Crippen LogP contribution in [-0.2, 0) is 0 Å². The summed E-state index contributed by atoms with van der Waals surface area (Å²) in [7, 11) is 0. The normalized spacial score (nSPS) is 11.7. The van der Waals surface area contributed by atoms with E-state index in [-0.39, 0.29) is 65.9 Å². The van der Waals surface area contributed by atoms with E-state index in [0.717, 1.165) is 0 Å². The summed E-state index contributed by atoms with van der Waals surface area (Å²) in [5.41, 5.74) is 1.33. The van der Waals surface area contributed by atoms with E-state index in [4.69, 9.17) is 160 Å². The Morgan fingerprint density at radius 2 is 0.744 bits per heavy atom. The second-order valence-corrected chi connectivity index (χ2v) is 12.7. The zero-order valence-electron chi connectivity index (χ0n) is 18.0. The highest BCUT2D eigenvalue weighted by atomic mass is 35.5. The van der Waals surface area contributed by atoms with Crippen LogP contribution in [-0.4, -0.2) is 0 Å². The van der Waals surface area contributed by atoms with Crippen molar-refractivity contribution in [2.75, 3.05) is 0 Å². The second kappa shape index (κ2) is 11.4. The van der Waals surface area contributed by atoms with Gasteiger partial charge in [0.25, 0.3) is 0 Å². The van der Waals surface area contributed by atoms with Crippen molar-refractivity contribution in [2.24, 2.45) is 0 Å². The number of benzene rings is 4. The van der Waals surface area contributed by atoms with E-state index >= 15 is 0 Å². The van der Waals surface area contributed by atoms with Crippen molar-refractivity contribution in [3.63, 3.8) is 0 Å². The van der Waals surface area contributed by atoms with Crippen LogP contribution in [0.4, 0.5) is 0 Å². The first kappa shape index (κ1) is 30.7. The van der Waals surface area contributed by atoms with E-state index in [2.05, 4.69) is 0 Å². The van der Waals surface area contributed by atoms with E-state index in [0.29, 0.717) is 43.3 Å². The van der Waals surface area contributed by atoms with Crippen LogP contribution in [0.3, 0.4) is 0 Å². The fourth-order valence-corrected chi connectivity index (χ4v) is 6.73. The third-order valence-corrected chi connectivity index (χ3v) is 11.2. The Hall–Kier alpha value is 0.250. The number of fused-ring (bicyclic) bond motifs is 6. The molecule has 0 atom stereocenters. The highest BCUT2D eigenvalue weighted by Gasteiger charge is 2.24. The summed E-state index contributed by atoms with van der Waals surface area (Å²) >= 11 is 78.9. The maximum atomic E-state index is 6.21. The summed E-state index contributed by atoms with van der Waals surface area (Å²) in [6.07, 6.45) is 0. The van der Waals surface area contributed by atoms with E-state index in [1.165, 1.54) is 0 Å². The van der Waals surface area contributed by atoms with Gasteiger partial charge in [0.1, 0.15) is 20.1 Å². The third-order valence-electron chi connectivity index (χ3n) is 5.56. The van der Waals surface area contributed by atoms with Gasteiger partial charge in [0, 0.05) is 10.8 Å². The number of hydrogen-bond donors (Lipinski definition) is 0. The maximum absolute atomic E-state index is 6.21. The first-order valence-corrected chi connectivity index (χ1v) is 14.9. The molecule has 0 saturated heterocycles. The lowest BCUT2D eigenvalue weighted by atomic mass is 10.1. The molecule has 202 valence electrons. The van der Waals surface area contributed by atoms with E-state index < -0.39 is 0 Å². The van der Waals surface area contributed by atoms with E-state index in [1.807, 2.05) is 0 Å². The Morgan fingerprint density at radius 3 is 1.26 bits per heavy atom. The molecule has 0 amide bonds. The molecule has 0 radical (unpaired) electrons. The lowest BCUT2D eigenvalue weighted by molar-refractivity contribution is 0.669. The SMILES string of the molecule is Clc1cc2c(oc3c(Cl)c(Cl)c(Cl)c(Cl)c32)c(Cl)c1Cl.Clc1ccc2c(oc3c(Cl)c(Cl)c(Cl)c(Cl)c32)c1Cl. The predicted molar refractivity (Wildman–Crippen MR) is 173 cm³/mol. The minimum Gasteiger partial charge on any atom is -0.453 e. The molecule has 6 rings (SSSR count). The fraction of sp³-hybridized carbons (Fsp3) is 0. The van der Waals surface area contributed by atoms with Gasteiger partial charge in [-0.15, -0.1) is 0 Å². The molecule has 2 aromatic heterocycles. The Morgan fingerprint density at radius 1 is 0.333 bits per heavy atom. The van der Waals surface area contributed by atoms with Gasteiger partial charge in [-0.2, -0.15) is 0 Å².